The number of anilines is 1. The number of imidazole rings is 2. The van der Waals surface area contributed by atoms with E-state index in [9.17, 15) is 9.18 Å². The van der Waals surface area contributed by atoms with Crippen molar-refractivity contribution in [1.82, 2.24) is 19.4 Å². The number of benzene rings is 2. The summed E-state index contributed by atoms with van der Waals surface area (Å²) in [5.74, 6) is 0.0169. The van der Waals surface area contributed by atoms with Crippen molar-refractivity contribution in [2.24, 2.45) is 0 Å². The molecule has 5 aromatic rings. The van der Waals surface area contributed by atoms with Gasteiger partial charge < -0.3 is 14.3 Å². The largest absolute Gasteiger partial charge is 0.351 e. The molecule has 0 aliphatic carbocycles. The Hall–Kier alpha value is -3.97. The smallest absolute Gasteiger partial charge is 0.234 e. The quantitative estimate of drug-likeness (QED) is 0.375. The number of rotatable bonds is 6. The number of hydrogen-bond donors (Lipinski definition) is 1. The molecule has 0 unspecified atom stereocenters. The molecule has 5 rings (SSSR count). The van der Waals surface area contributed by atoms with E-state index in [1.165, 1.54) is 12.1 Å². The van der Waals surface area contributed by atoms with Crippen molar-refractivity contribution < 1.29 is 9.18 Å². The van der Waals surface area contributed by atoms with Crippen molar-refractivity contribution in [1.29, 1.82) is 0 Å². The van der Waals surface area contributed by atoms with Crippen molar-refractivity contribution in [2.45, 2.75) is 13.0 Å². The highest BCUT2D eigenvalue weighted by atomic mass is 35.5. The first-order chi connectivity index (χ1) is 16.1. The maximum Gasteiger partial charge on any atom is 0.234 e. The van der Waals surface area contributed by atoms with Gasteiger partial charge in [0.15, 0.2) is 0 Å². The van der Waals surface area contributed by atoms with Crippen molar-refractivity contribution in [2.75, 3.05) is 4.90 Å². The Morgan fingerprint density at radius 3 is 2.70 bits per heavy atom. The van der Waals surface area contributed by atoms with Crippen molar-refractivity contribution in [3.05, 3.63) is 108 Å². The van der Waals surface area contributed by atoms with Crippen LogP contribution in [-0.2, 0) is 17.8 Å². The molecule has 0 fully saturated rings. The number of carbonyl (C=O) groups excluding carboxylic acids is 1. The first-order valence-corrected chi connectivity index (χ1v) is 10.7. The van der Waals surface area contributed by atoms with Crippen LogP contribution in [-0.4, -0.2) is 25.3 Å². The summed E-state index contributed by atoms with van der Waals surface area (Å²) >= 11 is 6.05. The molecule has 0 aliphatic rings. The summed E-state index contributed by atoms with van der Waals surface area (Å²) in [4.78, 5) is 26.7. The van der Waals surface area contributed by atoms with E-state index in [0.717, 1.165) is 16.8 Å². The van der Waals surface area contributed by atoms with Crippen molar-refractivity contribution in [3.8, 4) is 11.3 Å². The fourth-order valence-electron chi connectivity index (χ4n) is 3.80. The summed E-state index contributed by atoms with van der Waals surface area (Å²) in [6.07, 6.45) is 7.11. The Bertz CT molecular complexity index is 1390. The van der Waals surface area contributed by atoms with Gasteiger partial charge in [0.05, 0.1) is 36.7 Å². The summed E-state index contributed by atoms with van der Waals surface area (Å²) in [5, 5.41) is 0.283. The third-order valence-electron chi connectivity index (χ3n) is 5.36. The number of pyridine rings is 1. The molecule has 3 heterocycles. The summed E-state index contributed by atoms with van der Waals surface area (Å²) in [6.45, 7) is 0.168. The topological polar surface area (TPSA) is 66.3 Å². The van der Waals surface area contributed by atoms with E-state index in [2.05, 4.69) is 15.0 Å². The zero-order valence-corrected chi connectivity index (χ0v) is 18.2. The minimum absolute atomic E-state index is 0.0857. The lowest BCUT2D eigenvalue weighted by Crippen LogP contribution is -2.32. The van der Waals surface area contributed by atoms with Gasteiger partial charge in [-0.05, 0) is 48.0 Å². The SMILES string of the molecule is O=C(Cc1ncc2ccccn12)N(Cc1cc(F)cc(Cl)c1)c1ccc(-c2c[nH]cn2)cc1. The highest BCUT2D eigenvalue weighted by Crippen LogP contribution is 2.25. The van der Waals surface area contributed by atoms with Crippen molar-refractivity contribution >= 4 is 28.7 Å². The molecule has 1 amide bonds. The fourth-order valence-corrected chi connectivity index (χ4v) is 4.04. The van der Waals surface area contributed by atoms with E-state index in [4.69, 9.17) is 11.6 Å². The first-order valence-electron chi connectivity index (χ1n) is 10.3. The van der Waals surface area contributed by atoms with Gasteiger partial charge in [0, 0.05) is 28.7 Å². The summed E-state index contributed by atoms with van der Waals surface area (Å²) in [5.41, 5.74) is 3.91. The first kappa shape index (κ1) is 20.9. The lowest BCUT2D eigenvalue weighted by Gasteiger charge is -2.23. The Morgan fingerprint density at radius 1 is 1.09 bits per heavy atom. The molecule has 0 radical (unpaired) electrons. The molecule has 0 atom stereocenters. The molecule has 1 N–H and O–H groups in total. The van der Waals surface area contributed by atoms with Crippen molar-refractivity contribution in [3.63, 3.8) is 0 Å². The number of nitrogens with zero attached hydrogens (tertiary/aromatic N) is 4. The number of amides is 1. The number of hydrogen-bond acceptors (Lipinski definition) is 3. The van der Waals surface area contributed by atoms with Gasteiger partial charge in [0.2, 0.25) is 5.91 Å². The number of carbonyl (C=O) groups is 1. The Labute approximate surface area is 194 Å². The molecule has 6 nitrogen and oxygen atoms in total. The van der Waals surface area contributed by atoms with Crippen LogP contribution in [0.25, 0.3) is 16.8 Å². The van der Waals surface area contributed by atoms with Crippen LogP contribution in [0.1, 0.15) is 11.4 Å². The van der Waals surface area contributed by atoms with Gasteiger partial charge in [-0.25, -0.2) is 14.4 Å². The molecule has 8 heteroatoms. The van der Waals surface area contributed by atoms with Gasteiger partial charge in [-0.3, -0.25) is 4.79 Å². The molecule has 0 saturated heterocycles. The molecular formula is C25H19ClFN5O. The van der Waals surface area contributed by atoms with E-state index in [0.29, 0.717) is 17.1 Å². The maximum atomic E-state index is 14.0. The molecule has 0 spiro atoms. The zero-order chi connectivity index (χ0) is 22.8. The van der Waals surface area contributed by atoms with E-state index in [1.807, 2.05) is 53.1 Å². The maximum absolute atomic E-state index is 14.0. The molecule has 0 aliphatic heterocycles. The predicted octanol–water partition coefficient (Wildman–Crippen LogP) is 5.29. The number of H-pyrrole nitrogens is 1. The lowest BCUT2D eigenvalue weighted by molar-refractivity contribution is -0.118. The van der Waals surface area contributed by atoms with E-state index >= 15 is 0 Å². The average Bonchev–Trinajstić information content (AvgIpc) is 3.48. The Morgan fingerprint density at radius 2 is 1.94 bits per heavy atom. The summed E-state index contributed by atoms with van der Waals surface area (Å²) in [7, 11) is 0. The van der Waals surface area contributed by atoms with Gasteiger partial charge in [-0.2, -0.15) is 0 Å². The number of fused-ring (bicyclic) bond motifs is 1. The Kier molecular flexibility index (Phi) is 5.62. The van der Waals surface area contributed by atoms with Crippen LogP contribution in [0.2, 0.25) is 5.02 Å². The average molecular weight is 460 g/mol. The van der Waals surface area contributed by atoms with Crippen LogP contribution < -0.4 is 4.90 Å². The number of nitrogens with one attached hydrogen (secondary N) is 1. The Balaban J connectivity index is 1.48. The number of aromatic nitrogens is 4. The van der Waals surface area contributed by atoms with Crippen LogP contribution in [0.4, 0.5) is 10.1 Å². The van der Waals surface area contributed by atoms with Crippen LogP contribution in [0.15, 0.2) is 85.6 Å². The lowest BCUT2D eigenvalue weighted by atomic mass is 10.1. The monoisotopic (exact) mass is 459 g/mol. The molecule has 0 bridgehead atoms. The van der Waals surface area contributed by atoms with E-state index in [-0.39, 0.29) is 23.9 Å². The zero-order valence-electron chi connectivity index (χ0n) is 17.5. The van der Waals surface area contributed by atoms with Crippen LogP contribution in [0.3, 0.4) is 0 Å². The summed E-state index contributed by atoms with van der Waals surface area (Å²) < 4.78 is 15.8. The third kappa shape index (κ3) is 4.49. The van der Waals surface area contributed by atoms with Gasteiger partial charge >= 0.3 is 0 Å². The molecule has 2 aromatic carbocycles. The molecular weight excluding hydrogens is 441 g/mol. The van der Waals surface area contributed by atoms with Gasteiger partial charge in [-0.15, -0.1) is 0 Å². The molecule has 3 aromatic heterocycles. The van der Waals surface area contributed by atoms with Gasteiger partial charge in [0.1, 0.15) is 11.6 Å². The number of halogens is 2. The molecule has 164 valence electrons. The van der Waals surface area contributed by atoms with E-state index in [1.54, 1.807) is 29.7 Å². The second kappa shape index (κ2) is 8.88. The van der Waals surface area contributed by atoms with Crippen LogP contribution in [0, 0.1) is 5.82 Å². The standard InChI is InChI=1S/C25H19ClFN5O/c26-19-9-17(10-20(27)11-19)15-32(21-6-4-18(5-7-21)23-14-28-16-30-23)25(33)12-24-29-13-22-3-1-2-8-31(22)24/h1-11,13-14,16H,12,15H2,(H,28,30). The van der Waals surface area contributed by atoms with E-state index < -0.39 is 5.82 Å². The minimum atomic E-state index is -0.446. The second-order valence-electron chi connectivity index (χ2n) is 7.61. The van der Waals surface area contributed by atoms with Gasteiger partial charge in [-0.1, -0.05) is 29.8 Å². The number of aromatic amines is 1. The molecule has 33 heavy (non-hydrogen) atoms. The second-order valence-corrected chi connectivity index (χ2v) is 8.04. The fraction of sp³-hybridized carbons (Fsp3) is 0.0800. The normalized spacial score (nSPS) is 11.1. The van der Waals surface area contributed by atoms with Gasteiger partial charge in [0.25, 0.3) is 0 Å². The predicted molar refractivity (Wildman–Crippen MR) is 126 cm³/mol. The van der Waals surface area contributed by atoms with Crippen LogP contribution >= 0.6 is 11.6 Å². The highest BCUT2D eigenvalue weighted by molar-refractivity contribution is 6.30. The third-order valence-corrected chi connectivity index (χ3v) is 5.58. The highest BCUT2D eigenvalue weighted by Gasteiger charge is 2.20. The minimum Gasteiger partial charge on any atom is -0.351 e. The summed E-state index contributed by atoms with van der Waals surface area (Å²) in [6, 6.07) is 17.5. The van der Waals surface area contributed by atoms with Crippen LogP contribution in [0.5, 0.6) is 0 Å². The molecule has 0 saturated carbocycles.